The molecule has 0 spiro atoms. The number of rotatable bonds is 2. The van der Waals surface area contributed by atoms with Crippen LogP contribution in [0, 0.1) is 0 Å². The van der Waals surface area contributed by atoms with Gasteiger partial charge in [0.05, 0.1) is 12.8 Å². The molecule has 0 unspecified atom stereocenters. The highest BCUT2D eigenvalue weighted by molar-refractivity contribution is 5.33. The van der Waals surface area contributed by atoms with Crippen molar-refractivity contribution in [3.8, 4) is 11.7 Å². The Morgan fingerprint density at radius 1 is 1.12 bits per heavy atom. The first kappa shape index (κ1) is 11.6. The highest BCUT2D eigenvalue weighted by Crippen LogP contribution is 2.23. The van der Waals surface area contributed by atoms with Crippen LogP contribution in [0.25, 0.3) is 5.69 Å². The van der Waals surface area contributed by atoms with Gasteiger partial charge in [-0.15, -0.1) is 5.10 Å². The highest BCUT2D eigenvalue weighted by atomic mass is 16.5. The molecule has 17 heavy (non-hydrogen) atoms. The van der Waals surface area contributed by atoms with Crippen LogP contribution in [0.2, 0.25) is 0 Å². The summed E-state index contributed by atoms with van der Waals surface area (Å²) in [6.07, 6.45) is 0. The second-order valence-corrected chi connectivity index (χ2v) is 4.92. The van der Waals surface area contributed by atoms with Gasteiger partial charge < -0.3 is 4.74 Å². The number of methoxy groups -OCH3 is 1. The number of hydrogen-bond donors (Lipinski definition) is 0. The first-order chi connectivity index (χ1) is 8.02. The Kier molecular flexibility index (Phi) is 2.88. The molecule has 1 aromatic heterocycles. The maximum Gasteiger partial charge on any atom is 0.319 e. The third-order valence-electron chi connectivity index (χ3n) is 2.43. The number of para-hydroxylation sites is 1. The van der Waals surface area contributed by atoms with Crippen molar-refractivity contribution in [2.24, 2.45) is 0 Å². The summed E-state index contributed by atoms with van der Waals surface area (Å²) >= 11 is 0. The fraction of sp³-hybridized carbons (Fsp3) is 0.385. The van der Waals surface area contributed by atoms with Gasteiger partial charge in [0.1, 0.15) is 0 Å². The van der Waals surface area contributed by atoms with E-state index in [1.165, 1.54) is 0 Å². The molecule has 0 aliphatic rings. The first-order valence-corrected chi connectivity index (χ1v) is 5.59. The van der Waals surface area contributed by atoms with Crippen molar-refractivity contribution >= 4 is 0 Å². The summed E-state index contributed by atoms with van der Waals surface area (Å²) in [5, 5.41) is 4.50. The summed E-state index contributed by atoms with van der Waals surface area (Å²) in [4.78, 5) is 4.41. The van der Waals surface area contributed by atoms with Crippen LogP contribution in [0.15, 0.2) is 30.3 Å². The molecular formula is C13H17N3O. The van der Waals surface area contributed by atoms with E-state index in [9.17, 15) is 0 Å². The van der Waals surface area contributed by atoms with E-state index < -0.39 is 0 Å². The highest BCUT2D eigenvalue weighted by Gasteiger charge is 2.22. The van der Waals surface area contributed by atoms with Crippen molar-refractivity contribution < 1.29 is 4.74 Å². The topological polar surface area (TPSA) is 39.9 Å². The normalized spacial score (nSPS) is 11.5. The smallest absolute Gasteiger partial charge is 0.319 e. The van der Waals surface area contributed by atoms with E-state index in [-0.39, 0.29) is 5.41 Å². The Morgan fingerprint density at radius 3 is 2.29 bits per heavy atom. The SMILES string of the molecule is COc1nc(C(C)(C)C)nn1-c1ccccc1. The van der Waals surface area contributed by atoms with E-state index in [1.54, 1.807) is 11.8 Å². The molecule has 0 aliphatic heterocycles. The average molecular weight is 231 g/mol. The van der Waals surface area contributed by atoms with Crippen molar-refractivity contribution in [1.29, 1.82) is 0 Å². The quantitative estimate of drug-likeness (QED) is 0.797. The van der Waals surface area contributed by atoms with Gasteiger partial charge in [-0.3, -0.25) is 0 Å². The van der Waals surface area contributed by atoms with Gasteiger partial charge >= 0.3 is 6.01 Å². The van der Waals surface area contributed by atoms with Gasteiger partial charge in [-0.1, -0.05) is 39.0 Å². The van der Waals surface area contributed by atoms with Gasteiger partial charge in [0.2, 0.25) is 0 Å². The molecule has 0 aliphatic carbocycles. The van der Waals surface area contributed by atoms with Crippen LogP contribution in [0.1, 0.15) is 26.6 Å². The third-order valence-corrected chi connectivity index (χ3v) is 2.43. The molecule has 2 aromatic rings. The molecule has 0 amide bonds. The summed E-state index contributed by atoms with van der Waals surface area (Å²) in [5.41, 5.74) is 0.861. The number of ether oxygens (including phenoxy) is 1. The van der Waals surface area contributed by atoms with Crippen molar-refractivity contribution in [3.05, 3.63) is 36.2 Å². The standard InChI is InChI=1S/C13H17N3O/c1-13(2,3)11-14-12(17-4)16(15-11)10-8-6-5-7-9-10/h5-9H,1-4H3. The second kappa shape index (κ2) is 4.20. The maximum atomic E-state index is 5.26. The zero-order chi connectivity index (χ0) is 12.5. The van der Waals surface area contributed by atoms with Crippen LogP contribution in [0.4, 0.5) is 0 Å². The Labute approximate surface area is 101 Å². The van der Waals surface area contributed by atoms with Gasteiger partial charge in [-0.2, -0.15) is 9.67 Å². The molecular weight excluding hydrogens is 214 g/mol. The Bertz CT molecular complexity index is 497. The lowest BCUT2D eigenvalue weighted by Gasteiger charge is -2.11. The molecule has 90 valence electrons. The molecule has 1 heterocycles. The van der Waals surface area contributed by atoms with Crippen molar-refractivity contribution in [2.45, 2.75) is 26.2 Å². The first-order valence-electron chi connectivity index (χ1n) is 5.59. The van der Waals surface area contributed by atoms with Crippen LogP contribution in [0.3, 0.4) is 0 Å². The van der Waals surface area contributed by atoms with Crippen LogP contribution in [-0.2, 0) is 5.41 Å². The van der Waals surface area contributed by atoms with Gasteiger partial charge in [-0.25, -0.2) is 0 Å². The molecule has 0 saturated carbocycles. The minimum atomic E-state index is -0.0900. The average Bonchev–Trinajstić information content (AvgIpc) is 2.73. The third kappa shape index (κ3) is 2.30. The van der Waals surface area contributed by atoms with Crippen LogP contribution in [0.5, 0.6) is 6.01 Å². The van der Waals surface area contributed by atoms with Crippen molar-refractivity contribution in [1.82, 2.24) is 14.8 Å². The summed E-state index contributed by atoms with van der Waals surface area (Å²) < 4.78 is 6.99. The van der Waals surface area contributed by atoms with E-state index in [4.69, 9.17) is 4.74 Å². The van der Waals surface area contributed by atoms with Gasteiger partial charge in [0.15, 0.2) is 5.82 Å². The molecule has 4 nitrogen and oxygen atoms in total. The number of nitrogens with zero attached hydrogens (tertiary/aromatic N) is 3. The summed E-state index contributed by atoms with van der Waals surface area (Å²) in [5.74, 6) is 0.776. The van der Waals surface area contributed by atoms with E-state index in [0.717, 1.165) is 11.5 Å². The lowest BCUT2D eigenvalue weighted by atomic mass is 9.96. The zero-order valence-electron chi connectivity index (χ0n) is 10.6. The van der Waals surface area contributed by atoms with Gasteiger partial charge in [0, 0.05) is 5.41 Å². The number of benzene rings is 1. The molecule has 0 N–H and O–H groups in total. The monoisotopic (exact) mass is 231 g/mol. The second-order valence-electron chi connectivity index (χ2n) is 4.92. The number of aromatic nitrogens is 3. The predicted molar refractivity (Wildman–Crippen MR) is 66.6 cm³/mol. The van der Waals surface area contributed by atoms with Crippen LogP contribution >= 0.6 is 0 Å². The van der Waals surface area contributed by atoms with E-state index in [0.29, 0.717) is 6.01 Å². The molecule has 0 radical (unpaired) electrons. The molecule has 1 aromatic carbocycles. The van der Waals surface area contributed by atoms with Crippen LogP contribution in [-0.4, -0.2) is 21.9 Å². The summed E-state index contributed by atoms with van der Waals surface area (Å²) in [6, 6.07) is 10.4. The molecule has 4 heteroatoms. The molecule has 0 atom stereocenters. The molecule has 0 saturated heterocycles. The molecule has 2 rings (SSSR count). The largest absolute Gasteiger partial charge is 0.467 e. The minimum absolute atomic E-state index is 0.0900. The fourth-order valence-corrected chi connectivity index (χ4v) is 1.48. The van der Waals surface area contributed by atoms with Crippen molar-refractivity contribution in [2.75, 3.05) is 7.11 Å². The van der Waals surface area contributed by atoms with Crippen molar-refractivity contribution in [3.63, 3.8) is 0 Å². The summed E-state index contributed by atoms with van der Waals surface area (Å²) in [6.45, 7) is 6.24. The number of hydrogen-bond acceptors (Lipinski definition) is 3. The molecule has 0 bridgehead atoms. The lowest BCUT2D eigenvalue weighted by Crippen LogP contribution is -2.14. The Balaban J connectivity index is 2.51. The maximum absolute atomic E-state index is 5.26. The predicted octanol–water partition coefficient (Wildman–Crippen LogP) is 2.57. The fourth-order valence-electron chi connectivity index (χ4n) is 1.48. The summed E-state index contributed by atoms with van der Waals surface area (Å²) in [7, 11) is 1.61. The zero-order valence-corrected chi connectivity index (χ0v) is 10.6. The van der Waals surface area contributed by atoms with Gasteiger partial charge in [0.25, 0.3) is 0 Å². The minimum Gasteiger partial charge on any atom is -0.467 e. The molecule has 0 fully saturated rings. The van der Waals surface area contributed by atoms with Crippen LogP contribution < -0.4 is 4.74 Å². The van der Waals surface area contributed by atoms with E-state index >= 15 is 0 Å². The van der Waals surface area contributed by atoms with Gasteiger partial charge in [-0.05, 0) is 12.1 Å². The Morgan fingerprint density at radius 2 is 1.76 bits per heavy atom. The Hall–Kier alpha value is -1.84. The van der Waals surface area contributed by atoms with E-state index in [2.05, 4.69) is 30.9 Å². The van der Waals surface area contributed by atoms with E-state index in [1.807, 2.05) is 30.3 Å². The lowest BCUT2D eigenvalue weighted by molar-refractivity contribution is 0.368.